The highest BCUT2D eigenvalue weighted by Crippen LogP contribution is 2.29. The van der Waals surface area contributed by atoms with Crippen molar-refractivity contribution in [3.63, 3.8) is 0 Å². The van der Waals surface area contributed by atoms with Crippen molar-refractivity contribution in [2.45, 2.75) is 63.1 Å². The first kappa shape index (κ1) is 14.6. The van der Waals surface area contributed by atoms with Gasteiger partial charge in [-0.25, -0.2) is 4.79 Å². The van der Waals surface area contributed by atoms with Crippen LogP contribution in [0.15, 0.2) is 0 Å². The first-order chi connectivity index (χ1) is 10.1. The van der Waals surface area contributed by atoms with E-state index in [2.05, 4.69) is 10.2 Å². The van der Waals surface area contributed by atoms with E-state index in [-0.39, 0.29) is 24.5 Å². The summed E-state index contributed by atoms with van der Waals surface area (Å²) >= 11 is 0. The zero-order valence-corrected chi connectivity index (χ0v) is 12.5. The van der Waals surface area contributed by atoms with Crippen LogP contribution in [0.2, 0.25) is 0 Å². The summed E-state index contributed by atoms with van der Waals surface area (Å²) in [5.41, 5.74) is 0. The number of nitrogens with one attached hydrogen (secondary N) is 1. The molecular formula is C15H25N3O3. The van der Waals surface area contributed by atoms with E-state index in [1.807, 2.05) is 0 Å². The molecule has 0 radical (unpaired) electrons. The third kappa shape index (κ3) is 3.48. The average molecular weight is 295 g/mol. The quantitative estimate of drug-likeness (QED) is 0.801. The largest absolute Gasteiger partial charge is 0.481 e. The number of carboxylic acid groups (broad SMARTS) is 1. The molecule has 2 atom stereocenters. The topological polar surface area (TPSA) is 72.9 Å². The van der Waals surface area contributed by atoms with Gasteiger partial charge in [-0.1, -0.05) is 6.42 Å². The van der Waals surface area contributed by atoms with Crippen LogP contribution in [-0.4, -0.2) is 64.7 Å². The summed E-state index contributed by atoms with van der Waals surface area (Å²) in [6, 6.07) is 0.927. The van der Waals surface area contributed by atoms with Gasteiger partial charge in [0, 0.05) is 31.2 Å². The molecule has 3 aliphatic rings. The number of nitrogens with zero attached hydrogens (tertiary/aromatic N) is 2. The van der Waals surface area contributed by atoms with E-state index in [0.29, 0.717) is 12.6 Å². The maximum atomic E-state index is 12.5. The number of fused-ring (bicyclic) bond motifs is 1. The van der Waals surface area contributed by atoms with Crippen molar-refractivity contribution in [1.82, 2.24) is 15.1 Å². The highest BCUT2D eigenvalue weighted by Gasteiger charge is 2.39. The molecule has 1 saturated carbocycles. The minimum Gasteiger partial charge on any atom is -0.481 e. The van der Waals surface area contributed by atoms with Gasteiger partial charge in [0.25, 0.3) is 0 Å². The Morgan fingerprint density at radius 1 is 1.14 bits per heavy atom. The Bertz CT molecular complexity index is 411. The summed E-state index contributed by atoms with van der Waals surface area (Å²) in [6.07, 6.45) is 6.75. The molecule has 0 aromatic carbocycles. The van der Waals surface area contributed by atoms with Gasteiger partial charge in [0.2, 0.25) is 0 Å². The third-order valence-electron chi connectivity index (χ3n) is 4.98. The molecule has 3 rings (SSSR count). The van der Waals surface area contributed by atoms with Crippen LogP contribution in [0.25, 0.3) is 0 Å². The number of urea groups is 1. The van der Waals surface area contributed by atoms with E-state index >= 15 is 0 Å². The summed E-state index contributed by atoms with van der Waals surface area (Å²) in [6.45, 7) is 2.56. The van der Waals surface area contributed by atoms with Gasteiger partial charge in [-0.15, -0.1) is 0 Å². The second kappa shape index (κ2) is 6.22. The highest BCUT2D eigenvalue weighted by molar-refractivity contribution is 5.76. The second-order valence-corrected chi connectivity index (χ2v) is 6.51. The summed E-state index contributed by atoms with van der Waals surface area (Å²) in [7, 11) is 0. The molecule has 0 aromatic heterocycles. The number of amides is 2. The number of hydrogen-bond donors (Lipinski definition) is 2. The predicted molar refractivity (Wildman–Crippen MR) is 78.1 cm³/mol. The van der Waals surface area contributed by atoms with Gasteiger partial charge in [0.15, 0.2) is 0 Å². The maximum absolute atomic E-state index is 12.5. The first-order valence-electron chi connectivity index (χ1n) is 8.18. The van der Waals surface area contributed by atoms with Crippen LogP contribution in [-0.2, 0) is 4.79 Å². The Morgan fingerprint density at radius 2 is 1.95 bits per heavy atom. The number of hydrogen-bond acceptors (Lipinski definition) is 3. The minimum atomic E-state index is -0.840. The van der Waals surface area contributed by atoms with Gasteiger partial charge >= 0.3 is 12.0 Å². The number of carboxylic acids is 1. The lowest BCUT2D eigenvalue weighted by Crippen LogP contribution is -2.51. The van der Waals surface area contributed by atoms with Gasteiger partial charge in [0.1, 0.15) is 0 Å². The molecule has 6 nitrogen and oxygen atoms in total. The van der Waals surface area contributed by atoms with Gasteiger partial charge in [-0.3, -0.25) is 9.69 Å². The summed E-state index contributed by atoms with van der Waals surface area (Å²) in [5, 5.41) is 12.0. The van der Waals surface area contributed by atoms with Crippen molar-refractivity contribution in [3.8, 4) is 0 Å². The van der Waals surface area contributed by atoms with Crippen molar-refractivity contribution in [2.75, 3.05) is 19.6 Å². The molecule has 2 amide bonds. The number of rotatable bonds is 5. The van der Waals surface area contributed by atoms with E-state index in [9.17, 15) is 9.59 Å². The van der Waals surface area contributed by atoms with E-state index in [4.69, 9.17) is 5.11 Å². The third-order valence-corrected chi connectivity index (χ3v) is 4.98. The van der Waals surface area contributed by atoms with Gasteiger partial charge < -0.3 is 15.3 Å². The smallest absolute Gasteiger partial charge is 0.317 e. The summed E-state index contributed by atoms with van der Waals surface area (Å²) in [4.78, 5) is 27.4. The summed E-state index contributed by atoms with van der Waals surface area (Å²) < 4.78 is 0. The van der Waals surface area contributed by atoms with Crippen LogP contribution in [0.1, 0.15) is 44.9 Å². The molecule has 0 aromatic rings. The van der Waals surface area contributed by atoms with Crippen LogP contribution in [0.5, 0.6) is 0 Å². The molecule has 2 aliphatic heterocycles. The number of carbonyl (C=O) groups is 2. The van der Waals surface area contributed by atoms with Gasteiger partial charge in [-0.05, 0) is 38.6 Å². The normalized spacial score (nSPS) is 29.0. The second-order valence-electron chi connectivity index (χ2n) is 6.51. The molecule has 2 N–H and O–H groups in total. The van der Waals surface area contributed by atoms with Gasteiger partial charge in [0.05, 0.1) is 6.42 Å². The molecule has 2 saturated heterocycles. The van der Waals surface area contributed by atoms with E-state index in [1.165, 1.54) is 19.3 Å². The van der Waals surface area contributed by atoms with Gasteiger partial charge in [-0.2, -0.15) is 0 Å². The molecule has 1 aliphatic carbocycles. The molecule has 2 heterocycles. The Hall–Kier alpha value is -1.30. The molecule has 3 fully saturated rings. The average Bonchev–Trinajstić information content (AvgIpc) is 3.21. The minimum absolute atomic E-state index is 0.0319. The van der Waals surface area contributed by atoms with Crippen molar-refractivity contribution in [3.05, 3.63) is 0 Å². The zero-order valence-electron chi connectivity index (χ0n) is 12.5. The molecule has 118 valence electrons. The SMILES string of the molecule is O=C(O)CCN(C(=O)NC1CCN2CCCCC12)C1CC1. The fraction of sp³-hybridized carbons (Fsp3) is 0.867. The molecule has 2 unspecified atom stereocenters. The lowest BCUT2D eigenvalue weighted by Gasteiger charge is -2.33. The Morgan fingerprint density at radius 3 is 2.67 bits per heavy atom. The van der Waals surface area contributed by atoms with Crippen LogP contribution in [0.4, 0.5) is 4.79 Å². The fourth-order valence-corrected chi connectivity index (χ4v) is 3.71. The number of piperidine rings is 1. The van der Waals surface area contributed by atoms with Crippen molar-refractivity contribution in [1.29, 1.82) is 0 Å². The van der Waals surface area contributed by atoms with Crippen LogP contribution in [0, 0.1) is 0 Å². The predicted octanol–water partition coefficient (Wildman–Crippen LogP) is 1.26. The highest BCUT2D eigenvalue weighted by atomic mass is 16.4. The Kier molecular flexibility index (Phi) is 4.33. The van der Waals surface area contributed by atoms with E-state index in [1.54, 1.807) is 4.90 Å². The lowest BCUT2D eigenvalue weighted by molar-refractivity contribution is -0.137. The maximum Gasteiger partial charge on any atom is 0.317 e. The van der Waals surface area contributed by atoms with Crippen LogP contribution >= 0.6 is 0 Å². The fourth-order valence-electron chi connectivity index (χ4n) is 3.71. The van der Waals surface area contributed by atoms with Crippen LogP contribution < -0.4 is 5.32 Å². The molecule has 0 bridgehead atoms. The molecular weight excluding hydrogens is 270 g/mol. The molecule has 21 heavy (non-hydrogen) atoms. The standard InChI is InChI=1S/C15H25N3O3/c19-14(20)7-10-18(11-4-5-11)15(21)16-12-6-9-17-8-2-1-3-13(12)17/h11-13H,1-10H2,(H,16,21)(H,19,20). The Balaban J connectivity index is 1.55. The van der Waals surface area contributed by atoms with Crippen molar-refractivity contribution in [2.24, 2.45) is 0 Å². The van der Waals surface area contributed by atoms with Crippen LogP contribution in [0.3, 0.4) is 0 Å². The first-order valence-corrected chi connectivity index (χ1v) is 8.18. The monoisotopic (exact) mass is 295 g/mol. The van der Waals surface area contributed by atoms with Crippen molar-refractivity contribution >= 4 is 12.0 Å². The van der Waals surface area contributed by atoms with E-state index in [0.717, 1.165) is 32.4 Å². The van der Waals surface area contributed by atoms with Crippen molar-refractivity contribution < 1.29 is 14.7 Å². The lowest BCUT2D eigenvalue weighted by atomic mass is 9.99. The van der Waals surface area contributed by atoms with E-state index < -0.39 is 5.97 Å². The molecule has 6 heteroatoms. The number of aliphatic carboxylic acids is 1. The summed E-state index contributed by atoms with van der Waals surface area (Å²) in [5.74, 6) is -0.840. The zero-order chi connectivity index (χ0) is 14.8. The number of carbonyl (C=O) groups excluding carboxylic acids is 1. The molecule has 0 spiro atoms. The Labute approximate surface area is 125 Å².